The average Bonchev–Trinajstić information content (AvgIpc) is 3.88. The van der Waals surface area contributed by atoms with Crippen molar-refractivity contribution in [3.63, 3.8) is 0 Å². The topological polar surface area (TPSA) is 102 Å². The van der Waals surface area contributed by atoms with Gasteiger partial charge in [0, 0.05) is 93.6 Å². The van der Waals surface area contributed by atoms with Crippen molar-refractivity contribution in [1.82, 2.24) is 29.7 Å². The number of carbonyl (C=O) groups excluding carboxylic acids is 1. The third-order valence-electron chi connectivity index (χ3n) is 10.1. The number of methoxy groups -OCH3 is 1. The van der Waals surface area contributed by atoms with E-state index in [0.717, 1.165) is 18.4 Å². The van der Waals surface area contributed by atoms with Crippen molar-refractivity contribution >= 4 is 45.0 Å². The third kappa shape index (κ3) is 8.83. The highest BCUT2D eigenvalue weighted by Gasteiger charge is 2.34. The maximum absolute atomic E-state index is 16.1. The van der Waals surface area contributed by atoms with Gasteiger partial charge in [0.05, 0.1) is 18.6 Å². The van der Waals surface area contributed by atoms with Crippen LogP contribution in [0.5, 0.6) is 6.01 Å². The second-order valence-electron chi connectivity index (χ2n) is 13.6. The fourth-order valence-electron chi connectivity index (χ4n) is 7.56. The predicted molar refractivity (Wildman–Crippen MR) is 201 cm³/mol. The zero-order valence-electron chi connectivity index (χ0n) is 30.0. The van der Waals surface area contributed by atoms with E-state index in [1.807, 2.05) is 34.1 Å². The second-order valence-corrected chi connectivity index (χ2v) is 14.0. The van der Waals surface area contributed by atoms with Crippen molar-refractivity contribution in [2.45, 2.75) is 51.0 Å². The van der Waals surface area contributed by atoms with E-state index in [1.165, 1.54) is 26.9 Å². The Bertz CT molecular complexity index is 1970. The number of nitrogens with zero attached hydrogens (tertiary/aromatic N) is 8. The Morgan fingerprint density at radius 3 is 2.49 bits per heavy atom. The normalized spacial score (nSPS) is 21.6. The summed E-state index contributed by atoms with van der Waals surface area (Å²) in [6.07, 6.45) is 7.52. The maximum atomic E-state index is 16.1. The molecule has 8 rings (SSSR count). The maximum Gasteiger partial charge on any atom is 0.318 e. The predicted octanol–water partition coefficient (Wildman–Crippen LogP) is 6.62. The molecule has 0 saturated carbocycles. The number of likely N-dealkylation sites (tertiary alicyclic amines) is 1. The van der Waals surface area contributed by atoms with Gasteiger partial charge in [0.1, 0.15) is 29.4 Å². The van der Waals surface area contributed by atoms with Gasteiger partial charge in [-0.2, -0.15) is 15.2 Å². The molecule has 3 unspecified atom stereocenters. The summed E-state index contributed by atoms with van der Waals surface area (Å²) >= 11 is 6.50. The first-order valence-corrected chi connectivity index (χ1v) is 18.4. The molecule has 1 amide bonds. The van der Waals surface area contributed by atoms with Crippen molar-refractivity contribution in [3.05, 3.63) is 65.6 Å². The van der Waals surface area contributed by atoms with Crippen molar-refractivity contribution < 1.29 is 22.7 Å². The molecule has 6 heterocycles. The first-order chi connectivity index (χ1) is 25.7. The molecule has 14 heteroatoms. The molecule has 4 aliphatic rings. The van der Waals surface area contributed by atoms with Crippen LogP contribution in [0.15, 0.2) is 54.7 Å². The Kier molecular flexibility index (Phi) is 12.7. The SMILES string of the molecule is CC#N.COc1nc(N2CCN(C(=O)/C=C/CN3CCC(F)C3)CC2)c2cnc(-c3cccc4cccc(Cl)c34)c(F)c2n1.FC1CC2CCCN2C1. The van der Waals surface area contributed by atoms with Crippen LogP contribution in [-0.2, 0) is 4.79 Å². The van der Waals surface area contributed by atoms with Gasteiger partial charge in [-0.15, -0.1) is 0 Å². The first kappa shape index (κ1) is 38.2. The third-order valence-corrected chi connectivity index (χ3v) is 10.4. The summed E-state index contributed by atoms with van der Waals surface area (Å²) in [7, 11) is 1.44. The summed E-state index contributed by atoms with van der Waals surface area (Å²) in [5, 5.41) is 9.87. The van der Waals surface area contributed by atoms with Gasteiger partial charge in [0.2, 0.25) is 5.91 Å². The van der Waals surface area contributed by atoms with E-state index in [-0.39, 0.29) is 23.1 Å². The molecule has 10 nitrogen and oxygen atoms in total. The van der Waals surface area contributed by atoms with E-state index >= 15 is 4.39 Å². The smallest absolute Gasteiger partial charge is 0.318 e. The molecule has 280 valence electrons. The number of amides is 1. The number of hydrogen-bond acceptors (Lipinski definition) is 9. The van der Waals surface area contributed by atoms with E-state index in [4.69, 9.17) is 21.6 Å². The van der Waals surface area contributed by atoms with Crippen LogP contribution in [0.3, 0.4) is 0 Å². The molecule has 4 saturated heterocycles. The van der Waals surface area contributed by atoms with Crippen LogP contribution < -0.4 is 9.64 Å². The minimum absolute atomic E-state index is 0.0402. The number of anilines is 1. The van der Waals surface area contributed by atoms with Gasteiger partial charge in [-0.05, 0) is 43.7 Å². The number of nitriles is 1. The highest BCUT2D eigenvalue weighted by Crippen LogP contribution is 2.37. The van der Waals surface area contributed by atoms with Gasteiger partial charge in [0.15, 0.2) is 5.82 Å². The minimum atomic E-state index is -0.782. The van der Waals surface area contributed by atoms with Gasteiger partial charge >= 0.3 is 6.01 Å². The summed E-state index contributed by atoms with van der Waals surface area (Å²) < 4.78 is 47.5. The monoisotopic (exact) mass is 748 g/mol. The van der Waals surface area contributed by atoms with Gasteiger partial charge in [-0.25, -0.2) is 13.2 Å². The standard InChI is InChI=1S/C30H29ClF2N6O2.C7H12FN.C2H3N/c1-41-30-35-28-22(17-34-27(26(28)33)21-7-2-5-19-6-3-8-23(31)25(19)21)29(36-30)39-15-13-38(14-16-39)24(40)9-4-11-37-12-10-20(32)18-37;8-6-4-7-2-1-3-9(7)5-6;1-2-3/h2-9,17,20H,10-16,18H2,1H3;6-7H,1-5H2;1H3/b9-4+;;. The lowest BCUT2D eigenvalue weighted by Gasteiger charge is -2.35. The van der Waals surface area contributed by atoms with Gasteiger partial charge in [-0.3, -0.25) is 19.6 Å². The van der Waals surface area contributed by atoms with Crippen molar-refractivity contribution in [3.8, 4) is 23.3 Å². The number of rotatable bonds is 6. The highest BCUT2D eigenvalue weighted by atomic mass is 35.5. The molecule has 2 aromatic carbocycles. The Morgan fingerprint density at radius 2 is 1.79 bits per heavy atom. The first-order valence-electron chi connectivity index (χ1n) is 18.0. The molecule has 4 aromatic rings. The number of carbonyl (C=O) groups is 1. The Labute approximate surface area is 312 Å². The number of halogens is 4. The Hall–Kier alpha value is -4.51. The van der Waals surface area contributed by atoms with E-state index < -0.39 is 18.2 Å². The van der Waals surface area contributed by atoms with Crippen LogP contribution in [-0.4, -0.2) is 120 Å². The number of ether oxygens (including phenoxy) is 1. The Balaban J connectivity index is 0.000000340. The van der Waals surface area contributed by atoms with Gasteiger partial charge in [0.25, 0.3) is 0 Å². The lowest BCUT2D eigenvalue weighted by atomic mass is 10.0. The van der Waals surface area contributed by atoms with E-state index in [9.17, 15) is 13.6 Å². The van der Waals surface area contributed by atoms with Crippen molar-refractivity contribution in [2.24, 2.45) is 0 Å². The summed E-state index contributed by atoms with van der Waals surface area (Å²) in [5.41, 5.74) is 0.807. The zero-order chi connectivity index (χ0) is 37.5. The van der Waals surface area contributed by atoms with Crippen LogP contribution in [0, 0.1) is 17.1 Å². The lowest BCUT2D eigenvalue weighted by Crippen LogP contribution is -2.48. The molecular weight excluding hydrogens is 705 g/mol. The average molecular weight is 749 g/mol. The van der Waals surface area contributed by atoms with Crippen LogP contribution in [0.4, 0.5) is 19.0 Å². The largest absolute Gasteiger partial charge is 0.467 e. The summed E-state index contributed by atoms with van der Waals surface area (Å²) in [6.45, 7) is 6.90. The quantitative estimate of drug-likeness (QED) is 0.202. The number of alkyl halides is 2. The molecule has 0 radical (unpaired) electrons. The molecule has 53 heavy (non-hydrogen) atoms. The highest BCUT2D eigenvalue weighted by molar-refractivity contribution is 6.36. The Morgan fingerprint density at radius 1 is 1.04 bits per heavy atom. The molecule has 2 aromatic heterocycles. The van der Waals surface area contributed by atoms with Crippen LogP contribution >= 0.6 is 11.6 Å². The van der Waals surface area contributed by atoms with Crippen LogP contribution in [0.1, 0.15) is 32.6 Å². The van der Waals surface area contributed by atoms with Crippen LogP contribution in [0.25, 0.3) is 32.9 Å². The zero-order valence-corrected chi connectivity index (χ0v) is 30.8. The molecule has 0 N–H and O–H groups in total. The number of hydrogen-bond donors (Lipinski definition) is 0. The molecule has 4 aliphatic heterocycles. The summed E-state index contributed by atoms with van der Waals surface area (Å²) in [5.74, 6) is -0.178. The second kappa shape index (κ2) is 17.5. The van der Waals surface area contributed by atoms with Crippen LogP contribution in [0.2, 0.25) is 5.02 Å². The van der Waals surface area contributed by atoms with Gasteiger partial charge < -0.3 is 14.5 Å². The van der Waals surface area contributed by atoms with E-state index in [2.05, 4.69) is 19.9 Å². The molecule has 0 spiro atoms. The number of aromatic nitrogens is 3. The fourth-order valence-corrected chi connectivity index (χ4v) is 7.84. The van der Waals surface area contributed by atoms with E-state index in [0.29, 0.717) is 92.0 Å². The molecular formula is C39H44ClF3N8O2. The summed E-state index contributed by atoms with van der Waals surface area (Å²) in [6, 6.07) is 13.5. The molecule has 4 fully saturated rings. The summed E-state index contributed by atoms with van der Waals surface area (Å²) in [4.78, 5) is 34.1. The minimum Gasteiger partial charge on any atom is -0.467 e. The van der Waals surface area contributed by atoms with Gasteiger partial charge in [-0.1, -0.05) is 48.0 Å². The lowest BCUT2D eigenvalue weighted by molar-refractivity contribution is -0.126. The van der Waals surface area contributed by atoms with Crippen molar-refractivity contribution in [2.75, 3.05) is 70.9 Å². The number of benzene rings is 2. The number of piperazine rings is 1. The number of pyridine rings is 1. The van der Waals surface area contributed by atoms with Crippen molar-refractivity contribution in [1.29, 1.82) is 5.26 Å². The molecule has 0 bridgehead atoms. The fraction of sp³-hybridized carbons (Fsp3) is 0.462. The molecule has 0 aliphatic carbocycles. The molecule has 3 atom stereocenters. The van der Waals surface area contributed by atoms with E-state index in [1.54, 1.807) is 41.5 Å². The number of fused-ring (bicyclic) bond motifs is 3.